The zero-order chi connectivity index (χ0) is 36.8. The summed E-state index contributed by atoms with van der Waals surface area (Å²) in [5.41, 5.74) is 5.33. The lowest BCUT2D eigenvalue weighted by molar-refractivity contribution is -0.161. The summed E-state index contributed by atoms with van der Waals surface area (Å²) in [5, 5.41) is 0. The van der Waals surface area contributed by atoms with Gasteiger partial charge in [-0.05, 0) is 64.2 Å². The molecule has 0 bridgehead atoms. The molecule has 0 aliphatic carbocycles. The first kappa shape index (κ1) is 47.4. The molecule has 10 heteroatoms. The summed E-state index contributed by atoms with van der Waals surface area (Å²) in [6.07, 6.45) is 42.2. The van der Waals surface area contributed by atoms with Crippen molar-refractivity contribution in [3.63, 3.8) is 0 Å². The lowest BCUT2D eigenvalue weighted by atomic mass is 10.1. The number of phosphoric ester groups is 1. The fourth-order valence-electron chi connectivity index (χ4n) is 4.65. The Morgan fingerprint density at radius 2 is 1.14 bits per heavy atom. The predicted molar refractivity (Wildman–Crippen MR) is 206 cm³/mol. The molecule has 3 N–H and O–H groups in total. The number of phosphoric acid groups is 1. The molecule has 0 spiro atoms. The number of unbranched alkanes of at least 4 members (excludes halogenated alkanes) is 11. The Hall–Kier alpha value is -2.55. The van der Waals surface area contributed by atoms with Crippen LogP contribution in [0.25, 0.3) is 0 Å². The number of carbonyl (C=O) groups excluding carboxylic acids is 2. The molecule has 0 saturated carbocycles. The first-order chi connectivity index (χ1) is 24.3. The summed E-state index contributed by atoms with van der Waals surface area (Å²) < 4.78 is 32.6. The average molecular weight is 722 g/mol. The third-order valence-electron chi connectivity index (χ3n) is 7.40. The number of allylic oxidation sites excluding steroid dienone is 12. The van der Waals surface area contributed by atoms with Gasteiger partial charge in [-0.2, -0.15) is 0 Å². The van der Waals surface area contributed by atoms with Crippen molar-refractivity contribution in [1.82, 2.24) is 0 Å². The fourth-order valence-corrected chi connectivity index (χ4v) is 5.41. The van der Waals surface area contributed by atoms with Crippen LogP contribution in [0, 0.1) is 0 Å². The molecule has 0 rings (SSSR count). The number of hydrogen-bond acceptors (Lipinski definition) is 8. The van der Waals surface area contributed by atoms with E-state index in [9.17, 15) is 19.0 Å². The number of esters is 2. The highest BCUT2D eigenvalue weighted by Crippen LogP contribution is 2.43. The van der Waals surface area contributed by atoms with Gasteiger partial charge < -0.3 is 20.1 Å². The van der Waals surface area contributed by atoms with Crippen LogP contribution in [-0.2, 0) is 32.7 Å². The number of nitrogens with two attached hydrogens (primary N) is 1. The van der Waals surface area contributed by atoms with Gasteiger partial charge in [0, 0.05) is 19.4 Å². The van der Waals surface area contributed by atoms with E-state index in [1.807, 2.05) is 18.2 Å². The molecule has 2 atom stereocenters. The average Bonchev–Trinajstić information content (AvgIpc) is 3.10. The number of ether oxygens (including phenoxy) is 2. The van der Waals surface area contributed by atoms with Gasteiger partial charge in [0.25, 0.3) is 0 Å². The third kappa shape index (κ3) is 35.3. The highest BCUT2D eigenvalue weighted by Gasteiger charge is 2.25. The molecule has 0 aromatic carbocycles. The maximum atomic E-state index is 12.5. The van der Waals surface area contributed by atoms with Crippen molar-refractivity contribution in [3.8, 4) is 0 Å². The normalized spacial score (nSPS) is 14.2. The highest BCUT2D eigenvalue weighted by atomic mass is 31.2. The van der Waals surface area contributed by atoms with Crippen molar-refractivity contribution in [2.45, 2.75) is 142 Å². The van der Waals surface area contributed by atoms with Crippen LogP contribution < -0.4 is 5.73 Å². The van der Waals surface area contributed by atoms with Crippen LogP contribution in [0.3, 0.4) is 0 Å². The monoisotopic (exact) mass is 721 g/mol. The van der Waals surface area contributed by atoms with Gasteiger partial charge in [-0.25, -0.2) is 4.57 Å². The topological polar surface area (TPSA) is 134 Å². The van der Waals surface area contributed by atoms with Gasteiger partial charge in [-0.3, -0.25) is 18.6 Å². The van der Waals surface area contributed by atoms with Crippen molar-refractivity contribution in [1.29, 1.82) is 0 Å². The lowest BCUT2D eigenvalue weighted by Crippen LogP contribution is -2.29. The van der Waals surface area contributed by atoms with Crippen LogP contribution in [0.5, 0.6) is 0 Å². The molecule has 286 valence electrons. The van der Waals surface area contributed by atoms with E-state index in [1.165, 1.54) is 0 Å². The molecule has 0 heterocycles. The smallest absolute Gasteiger partial charge is 0.462 e. The van der Waals surface area contributed by atoms with E-state index in [2.05, 4.69) is 68.5 Å². The molecule has 0 aromatic heterocycles. The SMILES string of the molecule is CC/C=C/C=C/C=C/CCCCCCCC(=O)OC(COC(=O)CCCCCCCC/C=C/C/C=C/C/C=C/CC)COP(=O)(O)OCCN. The van der Waals surface area contributed by atoms with Crippen LogP contribution >= 0.6 is 7.82 Å². The summed E-state index contributed by atoms with van der Waals surface area (Å²) in [5.74, 6) is -0.877. The molecule has 50 heavy (non-hydrogen) atoms. The van der Waals surface area contributed by atoms with Gasteiger partial charge in [0.1, 0.15) is 6.61 Å². The van der Waals surface area contributed by atoms with Gasteiger partial charge in [0.05, 0.1) is 13.2 Å². The Labute approximate surface area is 303 Å². The summed E-state index contributed by atoms with van der Waals surface area (Å²) in [6, 6.07) is 0. The van der Waals surface area contributed by atoms with Gasteiger partial charge in [-0.1, -0.05) is 132 Å². The second-order valence-electron chi connectivity index (χ2n) is 12.1. The quantitative estimate of drug-likeness (QED) is 0.0219. The van der Waals surface area contributed by atoms with Crippen LogP contribution in [0.1, 0.15) is 136 Å². The standard InChI is InChI=1S/C40H68NO8P/c1-3-5-7-9-11-13-15-17-18-19-21-22-24-26-28-30-32-39(42)46-36-38(37-48-50(44,45)47-35-34-41)49-40(43)33-31-29-27-25-23-20-16-14-12-10-8-6-4-2/h5-8,10-14,16-18,38H,3-4,9,15,19-37,41H2,1-2H3,(H,44,45)/b7-5+,8-6+,12-10+,13-11+,16-14+,18-17+. The summed E-state index contributed by atoms with van der Waals surface area (Å²) in [6.45, 7) is 3.41. The van der Waals surface area contributed by atoms with Gasteiger partial charge >= 0.3 is 19.8 Å². The highest BCUT2D eigenvalue weighted by molar-refractivity contribution is 7.47. The predicted octanol–water partition coefficient (Wildman–Crippen LogP) is 10.3. The maximum Gasteiger partial charge on any atom is 0.472 e. The van der Waals surface area contributed by atoms with E-state index in [0.29, 0.717) is 12.8 Å². The van der Waals surface area contributed by atoms with Crippen LogP contribution in [0.2, 0.25) is 0 Å². The molecule has 2 unspecified atom stereocenters. The van der Waals surface area contributed by atoms with Crippen molar-refractivity contribution in [2.24, 2.45) is 5.73 Å². The van der Waals surface area contributed by atoms with E-state index in [1.54, 1.807) is 0 Å². The zero-order valence-electron chi connectivity index (χ0n) is 31.1. The molecule has 0 aromatic rings. The summed E-state index contributed by atoms with van der Waals surface area (Å²) in [7, 11) is -4.38. The minimum absolute atomic E-state index is 0.0437. The Balaban J connectivity index is 4.28. The number of rotatable bonds is 34. The van der Waals surface area contributed by atoms with Crippen LogP contribution in [0.4, 0.5) is 0 Å². The molecular formula is C40H68NO8P. The Morgan fingerprint density at radius 1 is 0.620 bits per heavy atom. The zero-order valence-corrected chi connectivity index (χ0v) is 32.0. The molecular weight excluding hydrogens is 653 g/mol. The Bertz CT molecular complexity index is 1050. The maximum absolute atomic E-state index is 12.5. The lowest BCUT2D eigenvalue weighted by Gasteiger charge is -2.19. The van der Waals surface area contributed by atoms with E-state index < -0.39 is 32.5 Å². The Kier molecular flexibility index (Phi) is 34.4. The van der Waals surface area contributed by atoms with Crippen LogP contribution in [-0.4, -0.2) is 49.3 Å². The van der Waals surface area contributed by atoms with Gasteiger partial charge in [0.2, 0.25) is 0 Å². The van der Waals surface area contributed by atoms with Crippen molar-refractivity contribution >= 4 is 19.8 Å². The van der Waals surface area contributed by atoms with Crippen molar-refractivity contribution < 1.29 is 37.6 Å². The van der Waals surface area contributed by atoms with Crippen molar-refractivity contribution in [3.05, 3.63) is 72.9 Å². The van der Waals surface area contributed by atoms with Crippen LogP contribution in [0.15, 0.2) is 72.9 Å². The molecule has 0 radical (unpaired) electrons. The van der Waals surface area contributed by atoms with Crippen molar-refractivity contribution in [2.75, 3.05) is 26.4 Å². The number of carbonyl (C=O) groups is 2. The molecule has 0 saturated heterocycles. The minimum Gasteiger partial charge on any atom is -0.462 e. The second kappa shape index (κ2) is 36.2. The first-order valence-electron chi connectivity index (χ1n) is 18.9. The number of hydrogen-bond donors (Lipinski definition) is 2. The fraction of sp³-hybridized carbons (Fsp3) is 0.650. The van der Waals surface area contributed by atoms with E-state index >= 15 is 0 Å². The second-order valence-corrected chi connectivity index (χ2v) is 13.5. The molecule has 0 fully saturated rings. The van der Waals surface area contributed by atoms with E-state index in [0.717, 1.165) is 96.3 Å². The van der Waals surface area contributed by atoms with Gasteiger partial charge in [-0.15, -0.1) is 0 Å². The summed E-state index contributed by atoms with van der Waals surface area (Å²) >= 11 is 0. The Morgan fingerprint density at radius 3 is 1.76 bits per heavy atom. The third-order valence-corrected chi connectivity index (χ3v) is 8.38. The molecule has 0 aliphatic rings. The molecule has 0 amide bonds. The summed E-state index contributed by atoms with van der Waals surface area (Å²) in [4.78, 5) is 34.7. The minimum atomic E-state index is -4.38. The first-order valence-corrected chi connectivity index (χ1v) is 20.4. The van der Waals surface area contributed by atoms with E-state index in [-0.39, 0.29) is 32.6 Å². The van der Waals surface area contributed by atoms with E-state index in [4.69, 9.17) is 24.3 Å². The van der Waals surface area contributed by atoms with Gasteiger partial charge in [0.15, 0.2) is 6.10 Å². The molecule has 0 aliphatic heterocycles. The molecule has 9 nitrogen and oxygen atoms in total. The largest absolute Gasteiger partial charge is 0.472 e.